The zero-order valence-corrected chi connectivity index (χ0v) is 11.2. The van der Waals surface area contributed by atoms with Crippen molar-refractivity contribution in [2.24, 2.45) is 0 Å². The number of hydrogen-bond acceptors (Lipinski definition) is 4. The van der Waals surface area contributed by atoms with Gasteiger partial charge in [0.05, 0.1) is 19.8 Å². The molecule has 1 aromatic carbocycles. The molecule has 0 unspecified atom stereocenters. The first-order valence-electron chi connectivity index (χ1n) is 6.71. The number of halogens is 2. The highest BCUT2D eigenvalue weighted by atomic mass is 19.3. The Hall–Kier alpha value is -1.40. The van der Waals surface area contributed by atoms with Crippen LogP contribution in [0.2, 0.25) is 0 Å². The van der Waals surface area contributed by atoms with E-state index in [1.165, 1.54) is 0 Å². The van der Waals surface area contributed by atoms with Crippen LogP contribution in [0.15, 0.2) is 18.2 Å². The third-order valence-corrected chi connectivity index (χ3v) is 2.81. The van der Waals surface area contributed by atoms with Crippen LogP contribution in [-0.2, 0) is 11.3 Å². The second-order valence-corrected chi connectivity index (χ2v) is 4.47. The third-order valence-electron chi connectivity index (χ3n) is 2.81. The van der Waals surface area contributed by atoms with Crippen molar-refractivity contribution in [3.05, 3.63) is 23.8 Å². The van der Waals surface area contributed by atoms with Crippen molar-refractivity contribution in [1.82, 2.24) is 5.32 Å². The van der Waals surface area contributed by atoms with Crippen LogP contribution in [0.4, 0.5) is 8.78 Å². The maximum atomic E-state index is 11.8. The van der Waals surface area contributed by atoms with E-state index in [1.807, 2.05) is 18.2 Å². The van der Waals surface area contributed by atoms with Gasteiger partial charge in [-0.05, 0) is 17.7 Å². The van der Waals surface area contributed by atoms with Crippen molar-refractivity contribution in [2.45, 2.75) is 19.4 Å². The minimum Gasteiger partial charge on any atom is -0.490 e. The standard InChI is InChI=1S/C14H19F2NO3/c15-14(16)10-18-7-4-17-9-11-2-3-12-13(8-11)20-6-1-5-19-12/h2-3,8,14,17H,1,4-7,9-10H2. The molecule has 0 radical (unpaired) electrons. The zero-order valence-electron chi connectivity index (χ0n) is 11.2. The normalized spacial score (nSPS) is 14.3. The lowest BCUT2D eigenvalue weighted by Crippen LogP contribution is -2.20. The van der Waals surface area contributed by atoms with E-state index in [1.54, 1.807) is 0 Å². The molecule has 1 aromatic rings. The van der Waals surface area contributed by atoms with Crippen LogP contribution in [0.1, 0.15) is 12.0 Å². The van der Waals surface area contributed by atoms with Gasteiger partial charge in [-0.1, -0.05) is 6.07 Å². The second kappa shape index (κ2) is 8.01. The molecule has 0 aromatic heterocycles. The van der Waals surface area contributed by atoms with E-state index in [4.69, 9.17) is 14.2 Å². The van der Waals surface area contributed by atoms with Gasteiger partial charge in [0, 0.05) is 19.5 Å². The number of alkyl halides is 2. The average Bonchev–Trinajstić information content (AvgIpc) is 2.67. The summed E-state index contributed by atoms with van der Waals surface area (Å²) in [4.78, 5) is 0. The van der Waals surface area contributed by atoms with Gasteiger partial charge in [0.2, 0.25) is 0 Å². The van der Waals surface area contributed by atoms with Gasteiger partial charge in [0.1, 0.15) is 6.61 Å². The number of ether oxygens (including phenoxy) is 3. The molecule has 1 aliphatic rings. The Morgan fingerprint density at radius 3 is 2.80 bits per heavy atom. The van der Waals surface area contributed by atoms with Crippen LogP contribution in [0.3, 0.4) is 0 Å². The Kier molecular flexibility index (Phi) is 6.01. The van der Waals surface area contributed by atoms with Crippen molar-refractivity contribution in [1.29, 1.82) is 0 Å². The van der Waals surface area contributed by atoms with E-state index < -0.39 is 13.0 Å². The summed E-state index contributed by atoms with van der Waals surface area (Å²) in [6.07, 6.45) is -1.53. The van der Waals surface area contributed by atoms with E-state index in [-0.39, 0.29) is 6.61 Å². The molecular formula is C14H19F2NO3. The molecule has 1 aliphatic heterocycles. The lowest BCUT2D eigenvalue weighted by Gasteiger charge is -2.10. The SMILES string of the molecule is FC(F)COCCNCc1ccc2c(c1)OCCCO2. The van der Waals surface area contributed by atoms with Crippen LogP contribution in [0.25, 0.3) is 0 Å². The molecular weight excluding hydrogens is 268 g/mol. The summed E-state index contributed by atoms with van der Waals surface area (Å²) >= 11 is 0. The molecule has 0 saturated carbocycles. The van der Waals surface area contributed by atoms with Crippen molar-refractivity contribution in [2.75, 3.05) is 33.0 Å². The van der Waals surface area contributed by atoms with Crippen molar-refractivity contribution in [3.8, 4) is 11.5 Å². The van der Waals surface area contributed by atoms with Gasteiger partial charge in [-0.25, -0.2) is 8.78 Å². The van der Waals surface area contributed by atoms with Gasteiger partial charge in [0.15, 0.2) is 11.5 Å². The molecule has 20 heavy (non-hydrogen) atoms. The first-order chi connectivity index (χ1) is 9.75. The average molecular weight is 287 g/mol. The van der Waals surface area contributed by atoms with Crippen LogP contribution in [-0.4, -0.2) is 39.4 Å². The second-order valence-electron chi connectivity index (χ2n) is 4.47. The lowest BCUT2D eigenvalue weighted by molar-refractivity contribution is 0.0187. The van der Waals surface area contributed by atoms with Crippen LogP contribution in [0.5, 0.6) is 11.5 Å². The summed E-state index contributed by atoms with van der Waals surface area (Å²) in [7, 11) is 0. The third kappa shape index (κ3) is 4.94. The molecule has 0 aliphatic carbocycles. The van der Waals surface area contributed by atoms with Crippen LogP contribution >= 0.6 is 0 Å². The fourth-order valence-electron chi connectivity index (χ4n) is 1.87. The molecule has 1 N–H and O–H groups in total. The minimum atomic E-state index is -2.41. The van der Waals surface area contributed by atoms with E-state index in [9.17, 15) is 8.78 Å². The first-order valence-corrected chi connectivity index (χ1v) is 6.71. The number of rotatable bonds is 7. The Labute approximate surface area is 117 Å². The zero-order chi connectivity index (χ0) is 14.2. The molecule has 6 heteroatoms. The molecule has 112 valence electrons. The highest BCUT2D eigenvalue weighted by molar-refractivity contribution is 5.43. The number of nitrogens with one attached hydrogen (secondary N) is 1. The van der Waals surface area contributed by atoms with E-state index >= 15 is 0 Å². The van der Waals surface area contributed by atoms with Gasteiger partial charge in [-0.2, -0.15) is 0 Å². The molecule has 0 spiro atoms. The highest BCUT2D eigenvalue weighted by Crippen LogP contribution is 2.30. The molecule has 1 heterocycles. The summed E-state index contributed by atoms with van der Waals surface area (Å²) in [5.74, 6) is 1.53. The van der Waals surface area contributed by atoms with E-state index in [0.29, 0.717) is 26.3 Å². The van der Waals surface area contributed by atoms with Gasteiger partial charge in [-0.15, -0.1) is 0 Å². The Morgan fingerprint density at radius 2 is 2.00 bits per heavy atom. The molecule has 4 nitrogen and oxygen atoms in total. The highest BCUT2D eigenvalue weighted by Gasteiger charge is 2.10. The predicted molar refractivity (Wildman–Crippen MR) is 70.6 cm³/mol. The Balaban J connectivity index is 1.72. The maximum absolute atomic E-state index is 11.8. The van der Waals surface area contributed by atoms with Gasteiger partial charge < -0.3 is 19.5 Å². The smallest absolute Gasteiger partial charge is 0.261 e. The largest absolute Gasteiger partial charge is 0.490 e. The van der Waals surface area contributed by atoms with Crippen LogP contribution < -0.4 is 14.8 Å². The van der Waals surface area contributed by atoms with Crippen molar-refractivity contribution in [3.63, 3.8) is 0 Å². The van der Waals surface area contributed by atoms with Crippen molar-refractivity contribution < 1.29 is 23.0 Å². The summed E-state index contributed by atoms with van der Waals surface area (Å²) in [5, 5.41) is 3.13. The molecule has 0 saturated heterocycles. The molecule has 0 bridgehead atoms. The van der Waals surface area contributed by atoms with Gasteiger partial charge in [-0.3, -0.25) is 0 Å². The van der Waals surface area contributed by atoms with E-state index in [0.717, 1.165) is 23.5 Å². The molecule has 0 atom stereocenters. The van der Waals surface area contributed by atoms with Crippen molar-refractivity contribution >= 4 is 0 Å². The minimum absolute atomic E-state index is 0.273. The number of benzene rings is 1. The Morgan fingerprint density at radius 1 is 1.20 bits per heavy atom. The maximum Gasteiger partial charge on any atom is 0.261 e. The van der Waals surface area contributed by atoms with Gasteiger partial charge in [0.25, 0.3) is 6.43 Å². The van der Waals surface area contributed by atoms with E-state index in [2.05, 4.69) is 5.32 Å². The summed E-state index contributed by atoms with van der Waals surface area (Å²) in [6.45, 7) is 2.26. The molecule has 0 amide bonds. The summed E-state index contributed by atoms with van der Waals surface area (Å²) in [6, 6.07) is 5.79. The monoisotopic (exact) mass is 287 g/mol. The number of hydrogen-bond donors (Lipinski definition) is 1. The predicted octanol–water partition coefficient (Wildman–Crippen LogP) is 2.22. The van der Waals surface area contributed by atoms with Gasteiger partial charge >= 0.3 is 0 Å². The molecule has 0 fully saturated rings. The number of fused-ring (bicyclic) bond motifs is 1. The first kappa shape index (κ1) is 15.0. The molecule has 2 rings (SSSR count). The fourth-order valence-corrected chi connectivity index (χ4v) is 1.87. The lowest BCUT2D eigenvalue weighted by atomic mass is 10.2. The topological polar surface area (TPSA) is 39.7 Å². The summed E-state index contributed by atoms with van der Waals surface area (Å²) < 4.78 is 39.6. The summed E-state index contributed by atoms with van der Waals surface area (Å²) in [5.41, 5.74) is 1.06. The Bertz CT molecular complexity index is 415. The quantitative estimate of drug-likeness (QED) is 0.781. The van der Waals surface area contributed by atoms with Crippen LogP contribution in [0, 0.1) is 0 Å². The fraction of sp³-hybridized carbons (Fsp3) is 0.571.